The van der Waals surface area contributed by atoms with Crippen molar-refractivity contribution in [2.24, 2.45) is 17.2 Å². The maximum Gasteiger partial charge on any atom is 0.326 e. The van der Waals surface area contributed by atoms with E-state index in [1.54, 1.807) is 0 Å². The van der Waals surface area contributed by atoms with Crippen molar-refractivity contribution >= 4 is 29.6 Å². The van der Waals surface area contributed by atoms with Gasteiger partial charge in [0, 0.05) is 13.0 Å². The number of primary amides is 1. The number of nitrogens with two attached hydrogens (primary N) is 3. The molecular formula is C19H34N6O7. The first kappa shape index (κ1) is 27.3. The van der Waals surface area contributed by atoms with E-state index < -0.39 is 60.4 Å². The lowest BCUT2D eigenvalue weighted by Crippen LogP contribution is -2.58. The Morgan fingerprint density at radius 1 is 1.03 bits per heavy atom. The molecule has 1 saturated heterocycles. The van der Waals surface area contributed by atoms with Crippen LogP contribution in [0.3, 0.4) is 0 Å². The Labute approximate surface area is 186 Å². The average Bonchev–Trinajstić information content (AvgIpc) is 3.24. The first-order chi connectivity index (χ1) is 15.1. The molecule has 13 nitrogen and oxygen atoms in total. The Morgan fingerprint density at radius 3 is 2.25 bits per heavy atom. The second-order valence-corrected chi connectivity index (χ2v) is 7.73. The van der Waals surface area contributed by atoms with Crippen LogP contribution in [0.4, 0.5) is 0 Å². The number of hydrogen-bond donors (Lipinski definition) is 7. The molecule has 32 heavy (non-hydrogen) atoms. The molecule has 0 bridgehead atoms. The SMILES string of the molecule is NCCCCC(NC(=O)C(CO)NC(=O)C(N)CCC(N)=O)C(=O)N1CCCC1C(=O)O. The first-order valence-corrected chi connectivity index (χ1v) is 10.6. The van der Waals surface area contributed by atoms with E-state index >= 15 is 0 Å². The number of nitrogens with zero attached hydrogens (tertiary/aromatic N) is 1. The summed E-state index contributed by atoms with van der Waals surface area (Å²) < 4.78 is 0. The van der Waals surface area contributed by atoms with Gasteiger partial charge < -0.3 is 42.9 Å². The highest BCUT2D eigenvalue weighted by molar-refractivity contribution is 5.94. The highest BCUT2D eigenvalue weighted by atomic mass is 16.4. The van der Waals surface area contributed by atoms with Crippen LogP contribution in [-0.4, -0.2) is 88.6 Å². The Bertz CT molecular complexity index is 689. The number of rotatable bonds is 14. The quantitative estimate of drug-likeness (QED) is 0.129. The molecule has 0 aromatic heterocycles. The summed E-state index contributed by atoms with van der Waals surface area (Å²) in [4.78, 5) is 61.3. The summed E-state index contributed by atoms with van der Waals surface area (Å²) in [6.45, 7) is -0.117. The van der Waals surface area contributed by atoms with Crippen molar-refractivity contribution in [3.63, 3.8) is 0 Å². The van der Waals surface area contributed by atoms with Gasteiger partial charge in [-0.1, -0.05) is 0 Å². The fourth-order valence-electron chi connectivity index (χ4n) is 3.41. The molecule has 4 unspecified atom stereocenters. The van der Waals surface area contributed by atoms with Gasteiger partial charge in [0.05, 0.1) is 12.6 Å². The average molecular weight is 459 g/mol. The van der Waals surface area contributed by atoms with Crippen molar-refractivity contribution in [3.05, 3.63) is 0 Å². The summed E-state index contributed by atoms with van der Waals surface area (Å²) in [6, 6.07) is -4.51. The number of aliphatic hydroxyl groups is 1. The van der Waals surface area contributed by atoms with Crippen LogP contribution >= 0.6 is 0 Å². The van der Waals surface area contributed by atoms with Crippen LogP contribution < -0.4 is 27.8 Å². The van der Waals surface area contributed by atoms with E-state index in [0.29, 0.717) is 32.2 Å². The number of carbonyl (C=O) groups excluding carboxylic acids is 4. The molecule has 0 aliphatic carbocycles. The summed E-state index contributed by atoms with van der Waals surface area (Å²) in [6.07, 6.45) is 2.02. The van der Waals surface area contributed by atoms with Crippen LogP contribution in [0.1, 0.15) is 44.9 Å². The summed E-state index contributed by atoms with van der Waals surface area (Å²) in [5.41, 5.74) is 16.2. The predicted molar refractivity (Wildman–Crippen MR) is 113 cm³/mol. The summed E-state index contributed by atoms with van der Waals surface area (Å²) >= 11 is 0. The molecule has 1 fully saturated rings. The third-order valence-electron chi connectivity index (χ3n) is 5.24. The number of carboxylic acids is 1. The molecule has 1 heterocycles. The first-order valence-electron chi connectivity index (χ1n) is 10.6. The van der Waals surface area contributed by atoms with E-state index in [-0.39, 0.29) is 25.8 Å². The largest absolute Gasteiger partial charge is 0.480 e. The molecule has 13 heteroatoms. The van der Waals surface area contributed by atoms with Crippen molar-refractivity contribution in [1.82, 2.24) is 15.5 Å². The van der Waals surface area contributed by atoms with E-state index in [9.17, 15) is 34.2 Å². The summed E-state index contributed by atoms with van der Waals surface area (Å²) in [5, 5.41) is 23.7. The van der Waals surface area contributed by atoms with Gasteiger partial charge in [-0.05, 0) is 45.1 Å². The van der Waals surface area contributed by atoms with Crippen molar-refractivity contribution in [2.45, 2.75) is 69.1 Å². The topological polar surface area (TPSA) is 231 Å². The maximum absolute atomic E-state index is 13.0. The van der Waals surface area contributed by atoms with E-state index in [4.69, 9.17) is 17.2 Å². The van der Waals surface area contributed by atoms with Crippen LogP contribution in [0.5, 0.6) is 0 Å². The molecule has 10 N–H and O–H groups in total. The maximum atomic E-state index is 13.0. The number of likely N-dealkylation sites (tertiary alicyclic amines) is 1. The van der Waals surface area contributed by atoms with E-state index in [2.05, 4.69) is 10.6 Å². The lowest BCUT2D eigenvalue weighted by molar-refractivity contribution is -0.149. The minimum atomic E-state index is -1.39. The Morgan fingerprint density at radius 2 is 1.69 bits per heavy atom. The van der Waals surface area contributed by atoms with Gasteiger partial charge in [0.15, 0.2) is 0 Å². The van der Waals surface area contributed by atoms with Gasteiger partial charge in [-0.3, -0.25) is 19.2 Å². The molecule has 0 radical (unpaired) electrons. The number of hydrogen-bond acceptors (Lipinski definition) is 8. The number of nitrogens with one attached hydrogen (secondary N) is 2. The van der Waals surface area contributed by atoms with E-state index in [0.717, 1.165) is 0 Å². The molecule has 4 amide bonds. The van der Waals surface area contributed by atoms with Crippen LogP contribution in [0.25, 0.3) is 0 Å². The van der Waals surface area contributed by atoms with E-state index in [1.807, 2.05) is 0 Å². The summed E-state index contributed by atoms with van der Waals surface area (Å²) in [7, 11) is 0. The van der Waals surface area contributed by atoms with Crippen LogP contribution in [-0.2, 0) is 24.0 Å². The predicted octanol–water partition coefficient (Wildman–Crippen LogP) is -3.25. The van der Waals surface area contributed by atoms with Gasteiger partial charge >= 0.3 is 5.97 Å². The smallest absolute Gasteiger partial charge is 0.326 e. The number of carboxylic acid groups (broad SMARTS) is 1. The molecule has 1 aliphatic heterocycles. The minimum Gasteiger partial charge on any atom is -0.480 e. The monoisotopic (exact) mass is 458 g/mol. The normalized spacial score (nSPS) is 18.5. The van der Waals surface area contributed by atoms with Gasteiger partial charge in [0.1, 0.15) is 18.1 Å². The van der Waals surface area contributed by atoms with Gasteiger partial charge in [-0.15, -0.1) is 0 Å². The number of unbranched alkanes of at least 4 members (excludes halogenated alkanes) is 1. The summed E-state index contributed by atoms with van der Waals surface area (Å²) in [5.74, 6) is -3.88. The number of aliphatic carboxylic acids is 1. The van der Waals surface area contributed by atoms with Gasteiger partial charge in [-0.25, -0.2) is 4.79 Å². The second kappa shape index (κ2) is 13.6. The lowest BCUT2D eigenvalue weighted by Gasteiger charge is -2.28. The van der Waals surface area contributed by atoms with Crippen molar-refractivity contribution in [1.29, 1.82) is 0 Å². The number of aliphatic hydroxyl groups excluding tert-OH is 1. The standard InChI is InChI=1S/C19H34N6O7/c20-8-2-1-4-12(18(30)25-9-3-5-14(25)19(31)32)23-17(29)13(10-26)24-16(28)11(21)6-7-15(22)27/h11-14,26H,1-10,20-21H2,(H2,22,27)(H,23,29)(H,24,28)(H,31,32). The Kier molecular flexibility index (Phi) is 11.6. The minimum absolute atomic E-state index is 0.0350. The second-order valence-electron chi connectivity index (χ2n) is 7.73. The molecule has 1 rings (SSSR count). The molecule has 0 aromatic carbocycles. The fraction of sp³-hybridized carbons (Fsp3) is 0.737. The van der Waals surface area contributed by atoms with Crippen molar-refractivity contribution < 1.29 is 34.2 Å². The number of carbonyl (C=O) groups is 5. The third kappa shape index (κ3) is 8.40. The zero-order valence-corrected chi connectivity index (χ0v) is 18.0. The molecule has 1 aliphatic rings. The highest BCUT2D eigenvalue weighted by Gasteiger charge is 2.38. The molecular weight excluding hydrogens is 424 g/mol. The zero-order valence-electron chi connectivity index (χ0n) is 18.0. The third-order valence-corrected chi connectivity index (χ3v) is 5.24. The van der Waals surface area contributed by atoms with Crippen molar-refractivity contribution in [2.75, 3.05) is 19.7 Å². The lowest BCUT2D eigenvalue weighted by atomic mass is 10.1. The van der Waals surface area contributed by atoms with Gasteiger partial charge in [0.25, 0.3) is 0 Å². The fourth-order valence-corrected chi connectivity index (χ4v) is 3.41. The van der Waals surface area contributed by atoms with Crippen LogP contribution in [0.15, 0.2) is 0 Å². The molecule has 182 valence electrons. The number of amides is 4. The van der Waals surface area contributed by atoms with Crippen LogP contribution in [0.2, 0.25) is 0 Å². The Hall–Kier alpha value is -2.77. The van der Waals surface area contributed by atoms with Gasteiger partial charge in [0.2, 0.25) is 23.6 Å². The van der Waals surface area contributed by atoms with Gasteiger partial charge in [-0.2, -0.15) is 0 Å². The highest BCUT2D eigenvalue weighted by Crippen LogP contribution is 2.20. The molecule has 4 atom stereocenters. The van der Waals surface area contributed by atoms with Crippen LogP contribution in [0, 0.1) is 0 Å². The van der Waals surface area contributed by atoms with Crippen molar-refractivity contribution in [3.8, 4) is 0 Å². The Balaban J connectivity index is 2.84. The molecule has 0 spiro atoms. The molecule has 0 saturated carbocycles. The molecule has 0 aromatic rings. The van der Waals surface area contributed by atoms with E-state index in [1.165, 1.54) is 4.90 Å². The zero-order chi connectivity index (χ0) is 24.3.